The molecular formula is C12H9N3O5. The lowest BCUT2D eigenvalue weighted by Crippen LogP contribution is -2.16. The van der Waals surface area contributed by atoms with Crippen LogP contribution in [0, 0.1) is 10.1 Å². The van der Waals surface area contributed by atoms with Gasteiger partial charge in [0.1, 0.15) is 11.5 Å². The summed E-state index contributed by atoms with van der Waals surface area (Å²) in [6, 6.07) is 8.77. The number of ether oxygens (including phenoxy) is 2. The molecule has 20 heavy (non-hydrogen) atoms. The number of nitro groups is 1. The van der Waals surface area contributed by atoms with E-state index in [1.807, 2.05) is 0 Å². The standard InChI is InChI=1S/C12H9N3O5/c13-12(16)20-9-3-1-8(2-4-9)19-10-5-6-11(14-7-10)15(17)18/h1-7H,(H2,13,16). The molecule has 0 aliphatic carbocycles. The van der Waals surface area contributed by atoms with Crippen molar-refractivity contribution in [1.29, 1.82) is 0 Å². The summed E-state index contributed by atoms with van der Waals surface area (Å²) in [6.07, 6.45) is 0.338. The van der Waals surface area contributed by atoms with Gasteiger partial charge in [0.05, 0.1) is 0 Å². The Labute approximate surface area is 112 Å². The Hall–Kier alpha value is -3.16. The van der Waals surface area contributed by atoms with Crippen molar-refractivity contribution in [1.82, 2.24) is 4.98 Å². The molecule has 0 spiro atoms. The minimum atomic E-state index is -0.904. The molecule has 8 heteroatoms. The van der Waals surface area contributed by atoms with Gasteiger partial charge in [-0.25, -0.2) is 4.79 Å². The van der Waals surface area contributed by atoms with E-state index in [1.165, 1.54) is 30.5 Å². The normalized spacial score (nSPS) is 9.80. The van der Waals surface area contributed by atoms with E-state index in [2.05, 4.69) is 9.72 Å². The Bertz CT molecular complexity index is 625. The lowest BCUT2D eigenvalue weighted by Gasteiger charge is -2.05. The molecule has 0 unspecified atom stereocenters. The van der Waals surface area contributed by atoms with Crippen LogP contribution in [0.25, 0.3) is 0 Å². The van der Waals surface area contributed by atoms with Gasteiger partial charge in [0, 0.05) is 6.07 Å². The first-order valence-electron chi connectivity index (χ1n) is 5.40. The Morgan fingerprint density at radius 2 is 1.70 bits per heavy atom. The lowest BCUT2D eigenvalue weighted by molar-refractivity contribution is -0.389. The van der Waals surface area contributed by atoms with Crippen LogP contribution in [0.5, 0.6) is 17.2 Å². The summed E-state index contributed by atoms with van der Waals surface area (Å²) < 4.78 is 10.1. The molecule has 0 bridgehead atoms. The van der Waals surface area contributed by atoms with Crippen LogP contribution < -0.4 is 15.2 Å². The second kappa shape index (κ2) is 5.65. The van der Waals surface area contributed by atoms with Gasteiger partial charge in [-0.1, -0.05) is 0 Å². The number of nitrogens with zero attached hydrogens (tertiary/aromatic N) is 2. The first kappa shape index (κ1) is 13.3. The average molecular weight is 275 g/mol. The molecule has 0 aliphatic rings. The summed E-state index contributed by atoms with van der Waals surface area (Å²) in [4.78, 5) is 24.0. The number of nitrogens with two attached hydrogens (primary N) is 1. The molecule has 102 valence electrons. The van der Waals surface area contributed by atoms with Gasteiger partial charge in [-0.15, -0.1) is 0 Å². The molecule has 1 amide bonds. The number of carbonyl (C=O) groups is 1. The first-order chi connectivity index (χ1) is 9.54. The van der Waals surface area contributed by atoms with Crippen molar-refractivity contribution < 1.29 is 19.2 Å². The Morgan fingerprint density at radius 1 is 1.10 bits per heavy atom. The van der Waals surface area contributed by atoms with Crippen LogP contribution in [0.15, 0.2) is 42.6 Å². The molecule has 1 heterocycles. The molecule has 0 fully saturated rings. The largest absolute Gasteiger partial charge is 0.453 e. The second-order valence-corrected chi connectivity index (χ2v) is 3.60. The number of hydrogen-bond acceptors (Lipinski definition) is 6. The molecular weight excluding hydrogens is 266 g/mol. The number of rotatable bonds is 4. The quantitative estimate of drug-likeness (QED) is 0.675. The Balaban J connectivity index is 2.06. The highest BCUT2D eigenvalue weighted by atomic mass is 16.6. The number of carbonyl (C=O) groups excluding carboxylic acids is 1. The van der Waals surface area contributed by atoms with Crippen LogP contribution in [0.2, 0.25) is 0 Å². The highest BCUT2D eigenvalue weighted by Gasteiger charge is 2.07. The SMILES string of the molecule is NC(=O)Oc1ccc(Oc2ccc([N+](=O)[O-])nc2)cc1. The fourth-order valence-electron chi connectivity index (χ4n) is 1.37. The van der Waals surface area contributed by atoms with Gasteiger partial charge < -0.3 is 25.3 Å². The number of benzene rings is 1. The van der Waals surface area contributed by atoms with E-state index in [0.29, 0.717) is 11.5 Å². The van der Waals surface area contributed by atoms with E-state index in [9.17, 15) is 14.9 Å². The van der Waals surface area contributed by atoms with Gasteiger partial charge in [0.25, 0.3) is 0 Å². The molecule has 2 aromatic rings. The smallest absolute Gasteiger partial charge is 0.409 e. The van der Waals surface area contributed by atoms with Gasteiger partial charge in [0.15, 0.2) is 11.9 Å². The van der Waals surface area contributed by atoms with Crippen LogP contribution in [0.1, 0.15) is 0 Å². The molecule has 0 atom stereocenters. The maximum Gasteiger partial charge on any atom is 0.409 e. The van der Waals surface area contributed by atoms with E-state index in [1.54, 1.807) is 12.1 Å². The number of hydrogen-bond donors (Lipinski definition) is 1. The summed E-state index contributed by atoms with van der Waals surface area (Å²) >= 11 is 0. The summed E-state index contributed by atoms with van der Waals surface area (Å²) in [7, 11) is 0. The monoisotopic (exact) mass is 275 g/mol. The molecule has 0 aliphatic heterocycles. The van der Waals surface area contributed by atoms with Crippen molar-refractivity contribution in [2.24, 2.45) is 5.73 Å². The summed E-state index contributed by atoms with van der Waals surface area (Å²) in [5.74, 6) is 0.825. The van der Waals surface area contributed by atoms with Gasteiger partial charge in [-0.05, 0) is 40.2 Å². The maximum absolute atomic E-state index is 10.5. The first-order valence-corrected chi connectivity index (χ1v) is 5.40. The zero-order valence-electron chi connectivity index (χ0n) is 10.1. The molecule has 0 saturated heterocycles. The third kappa shape index (κ3) is 3.42. The number of primary amides is 1. The van der Waals surface area contributed by atoms with E-state index in [4.69, 9.17) is 10.5 Å². The van der Waals surface area contributed by atoms with Crippen LogP contribution in [0.3, 0.4) is 0 Å². The third-order valence-electron chi connectivity index (χ3n) is 2.19. The van der Waals surface area contributed by atoms with Gasteiger partial charge in [0.2, 0.25) is 0 Å². The zero-order valence-corrected chi connectivity index (χ0v) is 10.1. The second-order valence-electron chi connectivity index (χ2n) is 3.60. The minimum absolute atomic E-state index is 0.262. The molecule has 1 aromatic heterocycles. The van der Waals surface area contributed by atoms with Crippen LogP contribution in [0.4, 0.5) is 10.6 Å². The predicted octanol–water partition coefficient (Wildman–Crippen LogP) is 2.24. The van der Waals surface area contributed by atoms with E-state index in [0.717, 1.165) is 0 Å². The highest BCUT2D eigenvalue weighted by Crippen LogP contribution is 2.24. The lowest BCUT2D eigenvalue weighted by atomic mass is 10.3. The average Bonchev–Trinajstić information content (AvgIpc) is 2.41. The molecule has 1 aromatic carbocycles. The number of amides is 1. The molecule has 0 radical (unpaired) electrons. The highest BCUT2D eigenvalue weighted by molar-refractivity contribution is 5.68. The third-order valence-corrected chi connectivity index (χ3v) is 2.19. The fraction of sp³-hybridized carbons (Fsp3) is 0. The molecule has 8 nitrogen and oxygen atoms in total. The topological polar surface area (TPSA) is 118 Å². The van der Waals surface area contributed by atoms with Crippen molar-refractivity contribution in [2.75, 3.05) is 0 Å². The molecule has 2 N–H and O–H groups in total. The number of pyridine rings is 1. The Kier molecular flexibility index (Phi) is 3.75. The molecule has 0 saturated carbocycles. The van der Waals surface area contributed by atoms with Crippen molar-refractivity contribution in [3.05, 3.63) is 52.7 Å². The predicted molar refractivity (Wildman–Crippen MR) is 67.6 cm³/mol. The van der Waals surface area contributed by atoms with Crippen molar-refractivity contribution in [2.45, 2.75) is 0 Å². The Morgan fingerprint density at radius 3 is 2.20 bits per heavy atom. The van der Waals surface area contributed by atoms with Gasteiger partial charge in [-0.3, -0.25) is 0 Å². The molecule has 2 rings (SSSR count). The van der Waals surface area contributed by atoms with E-state index in [-0.39, 0.29) is 11.6 Å². The van der Waals surface area contributed by atoms with Crippen molar-refractivity contribution in [3.63, 3.8) is 0 Å². The van der Waals surface area contributed by atoms with E-state index < -0.39 is 11.0 Å². The summed E-state index contributed by atoms with van der Waals surface area (Å²) in [5, 5.41) is 10.4. The minimum Gasteiger partial charge on any atom is -0.453 e. The fourth-order valence-corrected chi connectivity index (χ4v) is 1.37. The summed E-state index contributed by atoms with van der Waals surface area (Å²) in [6.45, 7) is 0. The van der Waals surface area contributed by atoms with Crippen molar-refractivity contribution in [3.8, 4) is 17.2 Å². The maximum atomic E-state index is 10.5. The summed E-state index contributed by atoms with van der Waals surface area (Å²) in [5.41, 5.74) is 4.87. The number of aromatic nitrogens is 1. The van der Waals surface area contributed by atoms with Gasteiger partial charge in [-0.2, -0.15) is 0 Å². The van der Waals surface area contributed by atoms with Crippen LogP contribution >= 0.6 is 0 Å². The van der Waals surface area contributed by atoms with Crippen molar-refractivity contribution >= 4 is 11.9 Å². The van der Waals surface area contributed by atoms with Gasteiger partial charge >= 0.3 is 11.9 Å². The van der Waals surface area contributed by atoms with Crippen LogP contribution in [-0.4, -0.2) is 16.0 Å². The van der Waals surface area contributed by atoms with E-state index >= 15 is 0 Å². The van der Waals surface area contributed by atoms with Crippen LogP contribution in [-0.2, 0) is 0 Å². The zero-order chi connectivity index (χ0) is 14.5.